The monoisotopic (exact) mass is 372 g/mol. The summed E-state index contributed by atoms with van der Waals surface area (Å²) in [6, 6.07) is 16.6. The van der Waals surface area contributed by atoms with E-state index in [1.165, 1.54) is 17.7 Å². The van der Waals surface area contributed by atoms with Crippen LogP contribution in [0.1, 0.15) is 22.8 Å². The molecule has 6 heteroatoms. The number of carbonyl (C=O) groups excluding carboxylic acids is 1. The van der Waals surface area contributed by atoms with E-state index in [1.807, 2.05) is 23.1 Å². The normalized spacial score (nSPS) is 15.8. The minimum absolute atomic E-state index is 0.0372. The fraction of sp³-hybridized carbons (Fsp3) is 0.350. The smallest absolute Gasteiger partial charge is 0.253 e. The van der Waals surface area contributed by atoms with Gasteiger partial charge in [-0.15, -0.1) is 0 Å². The summed E-state index contributed by atoms with van der Waals surface area (Å²) in [5.74, 6) is 0.0220. The highest BCUT2D eigenvalue weighted by molar-refractivity contribution is 7.91. The maximum absolute atomic E-state index is 12.7. The molecule has 0 aliphatic carbocycles. The molecule has 0 unspecified atom stereocenters. The fourth-order valence-electron chi connectivity index (χ4n) is 3.10. The SMILES string of the molecule is CCS(=O)(=O)c1ccc(C(=O)N2CCN(Cc3ccccc3)CC2)cc1. The van der Waals surface area contributed by atoms with Crippen LogP contribution in [0.3, 0.4) is 0 Å². The van der Waals surface area contributed by atoms with Crippen LogP contribution in [-0.2, 0) is 16.4 Å². The summed E-state index contributed by atoms with van der Waals surface area (Å²) >= 11 is 0. The molecule has 138 valence electrons. The lowest BCUT2D eigenvalue weighted by atomic mass is 10.1. The second kappa shape index (κ2) is 8.01. The van der Waals surface area contributed by atoms with Crippen molar-refractivity contribution < 1.29 is 13.2 Å². The molecule has 0 N–H and O–H groups in total. The van der Waals surface area contributed by atoms with E-state index < -0.39 is 9.84 Å². The lowest BCUT2D eigenvalue weighted by molar-refractivity contribution is 0.0628. The van der Waals surface area contributed by atoms with Crippen LogP contribution in [0.2, 0.25) is 0 Å². The Hall–Kier alpha value is -2.18. The summed E-state index contributed by atoms with van der Waals surface area (Å²) in [5, 5.41) is 0. The number of sulfone groups is 1. The summed E-state index contributed by atoms with van der Waals surface area (Å²) in [5.41, 5.74) is 1.82. The minimum Gasteiger partial charge on any atom is -0.336 e. The van der Waals surface area contributed by atoms with E-state index in [1.54, 1.807) is 19.1 Å². The highest BCUT2D eigenvalue weighted by Gasteiger charge is 2.22. The third-order valence-corrected chi connectivity index (χ3v) is 6.50. The largest absolute Gasteiger partial charge is 0.336 e. The Morgan fingerprint density at radius 3 is 2.12 bits per heavy atom. The van der Waals surface area contributed by atoms with Crippen molar-refractivity contribution in [3.05, 3.63) is 65.7 Å². The van der Waals surface area contributed by atoms with Gasteiger partial charge in [-0.25, -0.2) is 8.42 Å². The van der Waals surface area contributed by atoms with E-state index >= 15 is 0 Å². The van der Waals surface area contributed by atoms with Crippen LogP contribution < -0.4 is 0 Å². The molecule has 2 aromatic rings. The summed E-state index contributed by atoms with van der Waals surface area (Å²) < 4.78 is 23.7. The summed E-state index contributed by atoms with van der Waals surface area (Å²) in [4.78, 5) is 17.1. The van der Waals surface area contributed by atoms with Crippen LogP contribution in [0, 0.1) is 0 Å². The van der Waals surface area contributed by atoms with Gasteiger partial charge in [-0.2, -0.15) is 0 Å². The summed E-state index contributed by atoms with van der Waals surface area (Å²) in [7, 11) is -3.23. The van der Waals surface area contributed by atoms with Crippen molar-refractivity contribution in [2.24, 2.45) is 0 Å². The van der Waals surface area contributed by atoms with Crippen LogP contribution in [0.25, 0.3) is 0 Å². The van der Waals surface area contributed by atoms with Crippen molar-refractivity contribution in [3.8, 4) is 0 Å². The van der Waals surface area contributed by atoms with Gasteiger partial charge in [-0.05, 0) is 29.8 Å². The standard InChI is InChI=1S/C20H24N2O3S/c1-2-26(24,25)19-10-8-18(9-11-19)20(23)22-14-12-21(13-15-22)16-17-6-4-3-5-7-17/h3-11H,2,12-16H2,1H3. The second-order valence-corrected chi connectivity index (χ2v) is 8.76. The van der Waals surface area contributed by atoms with Crippen molar-refractivity contribution >= 4 is 15.7 Å². The van der Waals surface area contributed by atoms with Crippen molar-refractivity contribution in [1.29, 1.82) is 0 Å². The van der Waals surface area contributed by atoms with Crippen LogP contribution in [0.15, 0.2) is 59.5 Å². The molecule has 0 spiro atoms. The zero-order valence-electron chi connectivity index (χ0n) is 15.0. The molecule has 1 amide bonds. The van der Waals surface area contributed by atoms with Gasteiger partial charge in [0.25, 0.3) is 5.91 Å². The van der Waals surface area contributed by atoms with E-state index in [0.29, 0.717) is 18.7 Å². The molecule has 0 bridgehead atoms. The van der Waals surface area contributed by atoms with Gasteiger partial charge in [0, 0.05) is 38.3 Å². The number of hydrogen-bond acceptors (Lipinski definition) is 4. The number of piperazine rings is 1. The molecule has 5 nitrogen and oxygen atoms in total. The first kappa shape index (κ1) is 18.6. The molecule has 1 fully saturated rings. The fourth-order valence-corrected chi connectivity index (χ4v) is 3.99. The molecule has 0 saturated carbocycles. The van der Waals surface area contributed by atoms with Gasteiger partial charge in [-0.3, -0.25) is 9.69 Å². The minimum atomic E-state index is -3.23. The number of benzene rings is 2. The molecule has 1 aliphatic heterocycles. The molecular formula is C20H24N2O3S. The molecule has 1 saturated heterocycles. The molecule has 0 aromatic heterocycles. The summed E-state index contributed by atoms with van der Waals surface area (Å²) in [6.07, 6.45) is 0. The third kappa shape index (κ3) is 4.31. The first-order valence-corrected chi connectivity index (χ1v) is 10.5. The molecule has 1 heterocycles. The molecule has 26 heavy (non-hydrogen) atoms. The van der Waals surface area contributed by atoms with Gasteiger partial charge < -0.3 is 4.90 Å². The second-order valence-electron chi connectivity index (χ2n) is 6.48. The van der Waals surface area contributed by atoms with E-state index in [9.17, 15) is 13.2 Å². The van der Waals surface area contributed by atoms with Gasteiger partial charge in [0.05, 0.1) is 10.6 Å². The molecular weight excluding hydrogens is 348 g/mol. The first-order chi connectivity index (χ1) is 12.5. The van der Waals surface area contributed by atoms with Crippen LogP contribution in [-0.4, -0.2) is 56.1 Å². The van der Waals surface area contributed by atoms with Gasteiger partial charge >= 0.3 is 0 Å². The Labute approximate surface area is 155 Å². The molecule has 1 aliphatic rings. The average Bonchev–Trinajstić information content (AvgIpc) is 2.69. The number of nitrogens with zero attached hydrogens (tertiary/aromatic N) is 2. The number of carbonyl (C=O) groups is 1. The Kier molecular flexibility index (Phi) is 5.74. The van der Waals surface area contributed by atoms with E-state index in [4.69, 9.17) is 0 Å². The lowest BCUT2D eigenvalue weighted by Gasteiger charge is -2.34. The highest BCUT2D eigenvalue weighted by atomic mass is 32.2. The first-order valence-electron chi connectivity index (χ1n) is 8.88. The third-order valence-electron chi connectivity index (χ3n) is 4.75. The average molecular weight is 372 g/mol. The van der Waals surface area contributed by atoms with Crippen molar-refractivity contribution in [1.82, 2.24) is 9.80 Å². The Bertz CT molecular complexity index is 840. The van der Waals surface area contributed by atoms with Crippen molar-refractivity contribution in [2.45, 2.75) is 18.4 Å². The van der Waals surface area contributed by atoms with Crippen molar-refractivity contribution in [3.63, 3.8) is 0 Å². The van der Waals surface area contributed by atoms with Gasteiger partial charge in [0.15, 0.2) is 9.84 Å². The Morgan fingerprint density at radius 1 is 0.923 bits per heavy atom. The zero-order chi connectivity index (χ0) is 18.6. The quantitative estimate of drug-likeness (QED) is 0.809. The Morgan fingerprint density at radius 2 is 1.54 bits per heavy atom. The van der Waals surface area contributed by atoms with Crippen LogP contribution >= 0.6 is 0 Å². The van der Waals surface area contributed by atoms with Gasteiger partial charge in [-0.1, -0.05) is 37.3 Å². The molecule has 2 aromatic carbocycles. The zero-order valence-corrected chi connectivity index (χ0v) is 15.8. The van der Waals surface area contributed by atoms with Crippen LogP contribution in [0.4, 0.5) is 0 Å². The van der Waals surface area contributed by atoms with E-state index in [0.717, 1.165) is 19.6 Å². The molecule has 0 atom stereocenters. The highest BCUT2D eigenvalue weighted by Crippen LogP contribution is 2.15. The maximum Gasteiger partial charge on any atom is 0.253 e. The molecule has 3 rings (SSSR count). The van der Waals surface area contributed by atoms with Crippen molar-refractivity contribution in [2.75, 3.05) is 31.9 Å². The van der Waals surface area contributed by atoms with E-state index in [2.05, 4.69) is 17.0 Å². The van der Waals surface area contributed by atoms with Gasteiger partial charge in [0.2, 0.25) is 0 Å². The number of rotatable bonds is 5. The summed E-state index contributed by atoms with van der Waals surface area (Å²) in [6.45, 7) is 5.54. The molecule has 0 radical (unpaired) electrons. The number of amides is 1. The van der Waals surface area contributed by atoms with E-state index in [-0.39, 0.29) is 16.6 Å². The maximum atomic E-state index is 12.7. The Balaban J connectivity index is 1.58. The predicted octanol–water partition coefficient (Wildman–Crippen LogP) is 2.44. The predicted molar refractivity (Wildman–Crippen MR) is 102 cm³/mol. The van der Waals surface area contributed by atoms with Crippen LogP contribution in [0.5, 0.6) is 0 Å². The van der Waals surface area contributed by atoms with Gasteiger partial charge in [0.1, 0.15) is 0 Å². The lowest BCUT2D eigenvalue weighted by Crippen LogP contribution is -2.48. The topological polar surface area (TPSA) is 57.7 Å². The number of hydrogen-bond donors (Lipinski definition) is 0.